The fourth-order valence-electron chi connectivity index (χ4n) is 0.933. The highest BCUT2D eigenvalue weighted by molar-refractivity contribution is 5.92. The second kappa shape index (κ2) is 6.39. The van der Waals surface area contributed by atoms with E-state index in [0.29, 0.717) is 12.1 Å². The van der Waals surface area contributed by atoms with E-state index in [-0.39, 0.29) is 0 Å². The van der Waals surface area contributed by atoms with Gasteiger partial charge in [0, 0.05) is 25.9 Å². The van der Waals surface area contributed by atoms with E-state index in [0.717, 1.165) is 5.70 Å². The van der Waals surface area contributed by atoms with E-state index in [4.69, 9.17) is 24.2 Å². The summed E-state index contributed by atoms with van der Waals surface area (Å²) >= 11 is 0. The van der Waals surface area contributed by atoms with Gasteiger partial charge in [0.15, 0.2) is 0 Å². The van der Waals surface area contributed by atoms with Crippen LogP contribution in [-0.2, 0) is 0 Å². The predicted octanol–water partition coefficient (Wildman–Crippen LogP) is -3.06. The van der Waals surface area contributed by atoms with E-state index >= 15 is 0 Å². The Morgan fingerprint density at radius 3 is 2.12 bits per heavy atom. The third kappa shape index (κ3) is 8.13. The Labute approximate surface area is 94.9 Å². The molecular formula is C8H12ClN3O4. The monoisotopic (exact) mass is 249 g/mol. The minimum Gasteiger partial charge on any atom is -0.378 e. The molecule has 16 heavy (non-hydrogen) atoms. The van der Waals surface area contributed by atoms with Crippen LogP contribution in [0.25, 0.3) is 5.53 Å². The van der Waals surface area contributed by atoms with Crippen LogP contribution in [0.5, 0.6) is 0 Å². The number of hydrogen-bond donors (Lipinski definition) is 1. The van der Waals surface area contributed by atoms with E-state index in [1.165, 1.54) is 0 Å². The first-order valence-corrected chi connectivity index (χ1v) is 5.40. The Bertz CT molecular complexity index is 334. The molecule has 0 aromatic carbocycles. The Morgan fingerprint density at radius 2 is 1.88 bits per heavy atom. The van der Waals surface area contributed by atoms with Gasteiger partial charge in [0.2, 0.25) is 0 Å². The summed E-state index contributed by atoms with van der Waals surface area (Å²) in [4.78, 5) is 5.13. The maximum atomic E-state index is 8.60. The molecule has 0 heterocycles. The molecule has 0 saturated carbocycles. The lowest BCUT2D eigenvalue weighted by atomic mass is 10.1. The van der Waals surface area contributed by atoms with Gasteiger partial charge in [-0.25, -0.2) is 0 Å². The van der Waals surface area contributed by atoms with Gasteiger partial charge in [0.1, 0.15) is 0 Å². The number of halogens is 1. The summed E-state index contributed by atoms with van der Waals surface area (Å²) in [5.41, 5.74) is 10.3. The first-order chi connectivity index (χ1) is 7.24. The SMILES string of the molecule is CN(C)C1=CCC(=[N+]=[N-])C=C1.[O-][Cl+3]([O-])([O-])O. The zero-order valence-electron chi connectivity index (χ0n) is 8.83. The Hall–Kier alpha value is -1.21. The zero-order chi connectivity index (χ0) is 12.8. The fourth-order valence-corrected chi connectivity index (χ4v) is 0.933. The molecular weight excluding hydrogens is 238 g/mol. The van der Waals surface area contributed by atoms with Crippen molar-refractivity contribution < 1.29 is 33.7 Å². The summed E-state index contributed by atoms with van der Waals surface area (Å²) < 4.78 is 32.7. The zero-order valence-corrected chi connectivity index (χ0v) is 9.59. The van der Waals surface area contributed by atoms with Crippen molar-refractivity contribution in [3.63, 3.8) is 0 Å². The van der Waals surface area contributed by atoms with Crippen LogP contribution in [0.3, 0.4) is 0 Å². The summed E-state index contributed by atoms with van der Waals surface area (Å²) in [6.07, 6.45) is 6.48. The van der Waals surface area contributed by atoms with E-state index < -0.39 is 10.2 Å². The summed E-state index contributed by atoms with van der Waals surface area (Å²) in [6, 6.07) is 0. The molecule has 0 amide bonds. The molecule has 0 unspecified atom stereocenters. The molecule has 8 heteroatoms. The van der Waals surface area contributed by atoms with Crippen molar-refractivity contribution in [2.75, 3.05) is 14.1 Å². The van der Waals surface area contributed by atoms with Crippen LogP contribution >= 0.6 is 0 Å². The smallest absolute Gasteiger partial charge is 0.295 e. The normalized spacial score (nSPS) is 14.6. The van der Waals surface area contributed by atoms with Gasteiger partial charge in [-0.05, 0) is 12.2 Å². The van der Waals surface area contributed by atoms with Crippen LogP contribution in [-0.4, -0.2) is 34.2 Å². The fraction of sp³-hybridized carbons (Fsp3) is 0.375. The lowest BCUT2D eigenvalue weighted by Crippen LogP contribution is -2.58. The highest BCUT2D eigenvalue weighted by atomic mass is 35.7. The summed E-state index contributed by atoms with van der Waals surface area (Å²) in [5.74, 6) is 0. The number of rotatable bonds is 1. The van der Waals surface area contributed by atoms with Gasteiger partial charge in [-0.2, -0.15) is 18.8 Å². The number of likely N-dealkylation sites (N-methyl/N-ethyl adjacent to an activating group) is 1. The number of allylic oxidation sites excluding steroid dienone is 3. The molecule has 0 bridgehead atoms. The van der Waals surface area contributed by atoms with Crippen LogP contribution < -0.4 is 14.0 Å². The third-order valence-corrected chi connectivity index (χ3v) is 1.61. The highest BCUT2D eigenvalue weighted by Gasteiger charge is 2.08. The molecule has 0 atom stereocenters. The summed E-state index contributed by atoms with van der Waals surface area (Å²) in [5, 5.41) is 0. The average Bonchev–Trinajstić information content (AvgIpc) is 2.15. The molecule has 0 saturated heterocycles. The maximum absolute atomic E-state index is 8.60. The first kappa shape index (κ1) is 14.8. The Morgan fingerprint density at radius 1 is 1.38 bits per heavy atom. The molecule has 1 N–H and O–H groups in total. The third-order valence-electron chi connectivity index (χ3n) is 1.61. The van der Waals surface area contributed by atoms with Gasteiger partial charge in [0.25, 0.3) is 5.71 Å². The molecule has 0 fully saturated rings. The van der Waals surface area contributed by atoms with Gasteiger partial charge in [-0.15, -0.1) is 0 Å². The average molecular weight is 250 g/mol. The second-order valence-corrected chi connectivity index (χ2v) is 3.84. The number of nitrogens with zero attached hydrogens (tertiary/aromatic N) is 3. The van der Waals surface area contributed by atoms with Gasteiger partial charge in [0.05, 0.1) is 21.3 Å². The molecule has 1 aliphatic rings. The first-order valence-electron chi connectivity index (χ1n) is 4.13. The van der Waals surface area contributed by atoms with E-state index in [1.54, 1.807) is 0 Å². The van der Waals surface area contributed by atoms with Gasteiger partial charge in [-0.1, -0.05) is 0 Å². The van der Waals surface area contributed by atoms with Crippen LogP contribution in [0.15, 0.2) is 23.9 Å². The Kier molecular flexibility index (Phi) is 5.91. The van der Waals surface area contributed by atoms with Crippen LogP contribution in [0.4, 0.5) is 0 Å². The summed E-state index contributed by atoms with van der Waals surface area (Å²) in [7, 11) is -0.728. The summed E-state index contributed by atoms with van der Waals surface area (Å²) in [6.45, 7) is 0. The van der Waals surface area contributed by atoms with Crippen LogP contribution in [0.2, 0.25) is 0 Å². The van der Waals surface area contributed by atoms with Crippen molar-refractivity contribution in [2.24, 2.45) is 0 Å². The maximum Gasteiger partial charge on any atom is 0.295 e. The van der Waals surface area contributed by atoms with Crippen molar-refractivity contribution in [3.05, 3.63) is 29.5 Å². The lowest BCUT2D eigenvalue weighted by Gasteiger charge is -2.14. The van der Waals surface area contributed by atoms with Crippen LogP contribution in [0.1, 0.15) is 6.42 Å². The van der Waals surface area contributed by atoms with E-state index in [9.17, 15) is 0 Å². The van der Waals surface area contributed by atoms with Crippen LogP contribution in [0, 0.1) is 10.2 Å². The van der Waals surface area contributed by atoms with Crippen molar-refractivity contribution in [3.8, 4) is 0 Å². The molecule has 1 aliphatic carbocycles. The van der Waals surface area contributed by atoms with Gasteiger partial charge in [-0.3, -0.25) is 0 Å². The topological polar surface area (TPSA) is 129 Å². The molecule has 1 rings (SSSR count). The number of hydrogen-bond acceptors (Lipinski definition) is 5. The van der Waals surface area contributed by atoms with Crippen molar-refractivity contribution in [2.45, 2.75) is 6.42 Å². The van der Waals surface area contributed by atoms with Gasteiger partial charge >= 0.3 is 0 Å². The molecule has 0 aromatic heterocycles. The van der Waals surface area contributed by atoms with Crippen molar-refractivity contribution >= 4 is 5.71 Å². The molecule has 0 radical (unpaired) electrons. The van der Waals surface area contributed by atoms with Crippen molar-refractivity contribution in [1.82, 2.24) is 4.90 Å². The van der Waals surface area contributed by atoms with E-state index in [1.807, 2.05) is 37.2 Å². The lowest BCUT2D eigenvalue weighted by molar-refractivity contribution is -1.92. The van der Waals surface area contributed by atoms with E-state index in [2.05, 4.69) is 4.79 Å². The Balaban J connectivity index is 0.000000385. The molecule has 90 valence electrons. The molecule has 0 aliphatic heterocycles. The highest BCUT2D eigenvalue weighted by Crippen LogP contribution is 2.08. The minimum absolute atomic E-state index is 0.704. The predicted molar refractivity (Wildman–Crippen MR) is 46.4 cm³/mol. The molecule has 7 nitrogen and oxygen atoms in total. The standard InChI is InChI=1S/C8H11N3.ClHO4/c1-11(2)8-5-3-7(10-9)4-6-8;2-1(3,4)5/h3,5-6H,4H2,1-2H3;(H,2,3,4,5). The minimum atomic E-state index is -4.69. The van der Waals surface area contributed by atoms with Gasteiger partial charge < -0.3 is 10.4 Å². The van der Waals surface area contributed by atoms with Crippen molar-refractivity contribution in [1.29, 1.82) is 0 Å². The largest absolute Gasteiger partial charge is 0.378 e. The molecule has 0 aromatic rings. The molecule has 0 spiro atoms. The second-order valence-electron chi connectivity index (χ2n) is 3.05. The quantitative estimate of drug-likeness (QED) is 0.390.